The molecule has 0 aliphatic heterocycles. The minimum Gasteiger partial charge on any atom is -0.461 e. The van der Waals surface area contributed by atoms with E-state index in [4.69, 9.17) is 4.74 Å². The minimum atomic E-state index is -0.458. The predicted octanol–water partition coefficient (Wildman–Crippen LogP) is 4.80. The summed E-state index contributed by atoms with van der Waals surface area (Å²) in [7, 11) is 3.74. The lowest BCUT2D eigenvalue weighted by atomic mass is 10.1. The maximum atomic E-state index is 12.6. The van der Waals surface area contributed by atoms with Crippen LogP contribution in [-0.4, -0.2) is 42.0 Å². The summed E-state index contributed by atoms with van der Waals surface area (Å²) in [6.45, 7) is 4.10. The first kappa shape index (κ1) is 23.0. The number of esters is 1. The van der Waals surface area contributed by atoms with Crippen LogP contribution in [0.25, 0.3) is 16.9 Å². The molecule has 2 aromatic carbocycles. The van der Waals surface area contributed by atoms with E-state index in [1.807, 2.05) is 96.2 Å². The molecule has 4 rings (SSSR count). The number of ether oxygens (including phenoxy) is 1. The van der Waals surface area contributed by atoms with Gasteiger partial charge in [0.15, 0.2) is 5.69 Å². The number of hydrogen-bond acceptors (Lipinski definition) is 5. The van der Waals surface area contributed by atoms with E-state index in [0.29, 0.717) is 18.0 Å². The Hall–Kier alpha value is -4.13. The van der Waals surface area contributed by atoms with E-state index >= 15 is 0 Å². The number of benzene rings is 2. The van der Waals surface area contributed by atoms with E-state index in [1.165, 1.54) is 0 Å². The van der Waals surface area contributed by atoms with Gasteiger partial charge in [-0.2, -0.15) is 0 Å². The number of nitrogens with zero attached hydrogens (tertiary/aromatic N) is 4. The molecule has 2 heterocycles. The lowest BCUT2D eigenvalue weighted by Gasteiger charge is -2.22. The molecule has 0 unspecified atom stereocenters. The highest BCUT2D eigenvalue weighted by atomic mass is 16.5. The summed E-state index contributed by atoms with van der Waals surface area (Å²) in [6, 6.07) is 23.5. The molecule has 0 radical (unpaired) electrons. The van der Waals surface area contributed by atoms with E-state index in [9.17, 15) is 9.59 Å². The topological polar surface area (TPSA) is 67.1 Å². The average Bonchev–Trinajstić information content (AvgIpc) is 3.23. The van der Waals surface area contributed by atoms with Crippen LogP contribution in [0.1, 0.15) is 29.9 Å². The van der Waals surface area contributed by atoms with Crippen LogP contribution in [0.3, 0.4) is 0 Å². The highest BCUT2D eigenvalue weighted by molar-refractivity contribution is 5.95. The standard InChI is InChI=1S/C27H28N4O3/c1-5-34-27(33)25-26(29(3)4)31-23(15-10-16-24(31)28-25)21-13-9-14-22(17-21)30(19(2)32)18-20-11-7-6-8-12-20/h6-17H,5,18H2,1-4H3. The Balaban J connectivity index is 1.83. The van der Waals surface area contributed by atoms with Gasteiger partial charge in [0.2, 0.25) is 5.91 Å². The van der Waals surface area contributed by atoms with E-state index in [2.05, 4.69) is 4.98 Å². The summed E-state index contributed by atoms with van der Waals surface area (Å²) >= 11 is 0. The molecule has 0 fully saturated rings. The third-order valence-electron chi connectivity index (χ3n) is 5.53. The van der Waals surface area contributed by atoms with Crippen molar-refractivity contribution < 1.29 is 14.3 Å². The number of pyridine rings is 1. The molecular formula is C27H28N4O3. The summed E-state index contributed by atoms with van der Waals surface area (Å²) < 4.78 is 7.19. The van der Waals surface area contributed by atoms with Crippen molar-refractivity contribution in [2.75, 3.05) is 30.5 Å². The van der Waals surface area contributed by atoms with Crippen LogP contribution < -0.4 is 9.80 Å². The molecule has 0 N–H and O–H groups in total. The molecule has 7 heteroatoms. The average molecular weight is 457 g/mol. The molecule has 7 nitrogen and oxygen atoms in total. The van der Waals surface area contributed by atoms with Gasteiger partial charge >= 0.3 is 5.97 Å². The van der Waals surface area contributed by atoms with Crippen molar-refractivity contribution in [1.29, 1.82) is 0 Å². The van der Waals surface area contributed by atoms with Crippen molar-refractivity contribution >= 4 is 29.0 Å². The first-order chi connectivity index (χ1) is 16.4. The second kappa shape index (κ2) is 9.79. The molecule has 2 aromatic heterocycles. The van der Waals surface area contributed by atoms with Gasteiger partial charge in [-0.15, -0.1) is 0 Å². The van der Waals surface area contributed by atoms with Crippen LogP contribution in [0.4, 0.5) is 11.5 Å². The lowest BCUT2D eigenvalue weighted by Crippen LogP contribution is -2.27. The fourth-order valence-electron chi connectivity index (χ4n) is 4.04. The van der Waals surface area contributed by atoms with E-state index in [-0.39, 0.29) is 18.2 Å². The largest absolute Gasteiger partial charge is 0.461 e. The highest BCUT2D eigenvalue weighted by Crippen LogP contribution is 2.31. The Bertz CT molecular complexity index is 1330. The van der Waals surface area contributed by atoms with Gasteiger partial charge in [-0.05, 0) is 36.8 Å². The minimum absolute atomic E-state index is 0.0413. The zero-order chi connectivity index (χ0) is 24.2. The number of carbonyl (C=O) groups is 2. The van der Waals surface area contributed by atoms with Crippen molar-refractivity contribution in [3.63, 3.8) is 0 Å². The summed E-state index contributed by atoms with van der Waals surface area (Å²) in [4.78, 5) is 33.3. The number of amides is 1. The zero-order valence-electron chi connectivity index (χ0n) is 19.9. The van der Waals surface area contributed by atoms with Crippen LogP contribution in [0.15, 0.2) is 72.8 Å². The zero-order valence-corrected chi connectivity index (χ0v) is 19.9. The number of anilines is 2. The monoisotopic (exact) mass is 456 g/mol. The Morgan fingerprint density at radius 3 is 2.38 bits per heavy atom. The fraction of sp³-hybridized carbons (Fsp3) is 0.222. The molecule has 0 atom stereocenters. The third kappa shape index (κ3) is 4.50. The van der Waals surface area contributed by atoms with Crippen molar-refractivity contribution in [2.45, 2.75) is 20.4 Å². The van der Waals surface area contributed by atoms with Gasteiger partial charge < -0.3 is 14.5 Å². The summed E-state index contributed by atoms with van der Waals surface area (Å²) in [5.74, 6) is 0.141. The number of hydrogen-bond donors (Lipinski definition) is 0. The molecule has 0 spiro atoms. The number of aromatic nitrogens is 2. The Labute approximate surface area is 199 Å². The van der Waals surface area contributed by atoms with Gasteiger partial charge in [0.1, 0.15) is 11.5 Å². The Morgan fingerprint density at radius 1 is 0.971 bits per heavy atom. The molecule has 34 heavy (non-hydrogen) atoms. The van der Waals surface area contributed by atoms with Crippen LogP contribution >= 0.6 is 0 Å². The molecule has 1 amide bonds. The van der Waals surface area contributed by atoms with Gasteiger partial charge in [-0.1, -0.05) is 48.5 Å². The Morgan fingerprint density at radius 2 is 1.71 bits per heavy atom. The van der Waals surface area contributed by atoms with E-state index in [0.717, 1.165) is 22.5 Å². The van der Waals surface area contributed by atoms with Crippen LogP contribution in [-0.2, 0) is 16.1 Å². The van der Waals surface area contributed by atoms with Gasteiger partial charge in [-0.25, -0.2) is 9.78 Å². The second-order valence-corrected chi connectivity index (χ2v) is 8.14. The third-order valence-corrected chi connectivity index (χ3v) is 5.53. The molecule has 0 bridgehead atoms. The Kier molecular flexibility index (Phi) is 6.63. The van der Waals surface area contributed by atoms with Crippen molar-refractivity contribution in [3.8, 4) is 11.3 Å². The number of rotatable bonds is 7. The van der Waals surface area contributed by atoms with E-state index < -0.39 is 5.97 Å². The second-order valence-electron chi connectivity index (χ2n) is 8.14. The number of carbonyl (C=O) groups excluding carboxylic acids is 2. The van der Waals surface area contributed by atoms with Gasteiger partial charge in [-0.3, -0.25) is 9.20 Å². The van der Waals surface area contributed by atoms with Crippen molar-refractivity contribution in [2.24, 2.45) is 0 Å². The number of imidazole rings is 1. The summed E-state index contributed by atoms with van der Waals surface area (Å²) in [6.07, 6.45) is 0. The van der Waals surface area contributed by atoms with Gasteiger partial charge in [0.25, 0.3) is 0 Å². The molecular weight excluding hydrogens is 428 g/mol. The SMILES string of the molecule is CCOC(=O)c1nc2cccc(-c3cccc(N(Cc4ccccc4)C(C)=O)c3)n2c1N(C)C. The van der Waals surface area contributed by atoms with Gasteiger partial charge in [0, 0.05) is 32.3 Å². The maximum absolute atomic E-state index is 12.6. The lowest BCUT2D eigenvalue weighted by molar-refractivity contribution is -0.116. The first-order valence-corrected chi connectivity index (χ1v) is 11.2. The molecule has 0 saturated heterocycles. The molecule has 4 aromatic rings. The smallest absolute Gasteiger partial charge is 0.360 e. The van der Waals surface area contributed by atoms with Crippen LogP contribution in [0, 0.1) is 0 Å². The molecule has 0 aliphatic carbocycles. The molecule has 174 valence electrons. The van der Waals surface area contributed by atoms with Crippen LogP contribution in [0.2, 0.25) is 0 Å². The summed E-state index contributed by atoms with van der Waals surface area (Å²) in [5.41, 5.74) is 4.51. The highest BCUT2D eigenvalue weighted by Gasteiger charge is 2.24. The molecule has 0 saturated carbocycles. The van der Waals surface area contributed by atoms with E-state index in [1.54, 1.807) is 18.7 Å². The first-order valence-electron chi connectivity index (χ1n) is 11.2. The normalized spacial score (nSPS) is 10.8. The van der Waals surface area contributed by atoms with Gasteiger partial charge in [0.05, 0.1) is 18.8 Å². The molecule has 0 aliphatic rings. The fourth-order valence-corrected chi connectivity index (χ4v) is 4.04. The number of fused-ring (bicyclic) bond motifs is 1. The quantitative estimate of drug-likeness (QED) is 0.374. The predicted molar refractivity (Wildman–Crippen MR) is 134 cm³/mol. The summed E-state index contributed by atoms with van der Waals surface area (Å²) in [5, 5.41) is 0. The van der Waals surface area contributed by atoms with Crippen LogP contribution in [0.5, 0.6) is 0 Å². The maximum Gasteiger partial charge on any atom is 0.360 e. The van der Waals surface area contributed by atoms with Crippen molar-refractivity contribution in [3.05, 3.63) is 84.1 Å². The van der Waals surface area contributed by atoms with Crippen molar-refractivity contribution in [1.82, 2.24) is 9.38 Å².